The fourth-order valence-corrected chi connectivity index (χ4v) is 4.20. The van der Waals surface area contributed by atoms with E-state index in [-0.39, 0.29) is 18.0 Å². The van der Waals surface area contributed by atoms with Crippen LogP contribution in [0, 0.1) is 0 Å². The lowest BCUT2D eigenvalue weighted by Crippen LogP contribution is -2.53. The van der Waals surface area contributed by atoms with Gasteiger partial charge in [0.05, 0.1) is 0 Å². The average molecular weight is 357 g/mol. The van der Waals surface area contributed by atoms with E-state index in [9.17, 15) is 9.59 Å². The van der Waals surface area contributed by atoms with Gasteiger partial charge in [0.25, 0.3) is 5.91 Å². The first-order chi connectivity index (χ1) is 12.7. The number of hydrogen-bond acceptors (Lipinski definition) is 3. The molecule has 1 aromatic rings. The fourth-order valence-electron chi connectivity index (χ4n) is 4.20. The zero-order valence-electron chi connectivity index (χ0n) is 15.2. The number of benzene rings is 1. The third-order valence-corrected chi connectivity index (χ3v) is 5.72. The molecule has 1 atom stereocenters. The number of nitrogens with zero attached hydrogens (tertiary/aromatic N) is 2. The molecule has 0 bridgehead atoms. The smallest absolute Gasteiger partial charge is 0.321 e. The number of carbonyl (C=O) groups excluding carboxylic acids is 2. The minimum absolute atomic E-state index is 0.0619. The molecule has 26 heavy (non-hydrogen) atoms. The van der Waals surface area contributed by atoms with Gasteiger partial charge in [0.15, 0.2) is 0 Å². The highest BCUT2D eigenvalue weighted by molar-refractivity contribution is 5.90. The Morgan fingerprint density at radius 2 is 1.77 bits per heavy atom. The number of aryl methyl sites for hydroxylation is 1. The van der Waals surface area contributed by atoms with Crippen molar-refractivity contribution in [2.75, 3.05) is 38.1 Å². The van der Waals surface area contributed by atoms with Crippen LogP contribution in [-0.2, 0) is 22.4 Å². The number of amides is 3. The first-order valence-corrected chi connectivity index (χ1v) is 9.79. The Balaban J connectivity index is 1.33. The Labute approximate surface area is 154 Å². The Morgan fingerprint density at radius 3 is 2.54 bits per heavy atom. The molecule has 0 radical (unpaired) electrons. The van der Waals surface area contributed by atoms with Crippen LogP contribution in [0.15, 0.2) is 18.2 Å². The molecule has 1 N–H and O–H groups in total. The van der Waals surface area contributed by atoms with Crippen molar-refractivity contribution >= 4 is 17.6 Å². The second-order valence-corrected chi connectivity index (χ2v) is 7.39. The normalized spacial score (nSPS) is 22.8. The van der Waals surface area contributed by atoms with E-state index in [2.05, 4.69) is 11.4 Å². The van der Waals surface area contributed by atoms with Gasteiger partial charge in [0, 0.05) is 38.5 Å². The van der Waals surface area contributed by atoms with Crippen molar-refractivity contribution in [3.05, 3.63) is 29.3 Å². The van der Waals surface area contributed by atoms with Crippen LogP contribution >= 0.6 is 0 Å². The number of ether oxygens (including phenoxy) is 1. The summed E-state index contributed by atoms with van der Waals surface area (Å²) in [6.45, 7) is 2.98. The number of nitrogens with one attached hydrogen (secondary N) is 1. The monoisotopic (exact) mass is 357 g/mol. The van der Waals surface area contributed by atoms with Crippen molar-refractivity contribution in [1.82, 2.24) is 9.80 Å². The number of carbonyl (C=O) groups is 2. The summed E-state index contributed by atoms with van der Waals surface area (Å²) in [4.78, 5) is 28.7. The second kappa shape index (κ2) is 7.66. The molecule has 1 aromatic carbocycles. The van der Waals surface area contributed by atoms with Crippen LogP contribution in [0.25, 0.3) is 0 Å². The molecule has 4 rings (SSSR count). The van der Waals surface area contributed by atoms with E-state index < -0.39 is 0 Å². The summed E-state index contributed by atoms with van der Waals surface area (Å²) in [7, 11) is 0. The highest BCUT2D eigenvalue weighted by Crippen LogP contribution is 2.28. The third kappa shape index (κ3) is 3.56. The summed E-state index contributed by atoms with van der Waals surface area (Å²) in [6.07, 6.45) is 6.05. The van der Waals surface area contributed by atoms with Gasteiger partial charge in [-0.3, -0.25) is 4.79 Å². The standard InChI is InChI=1S/C20H27N3O3/c24-19(18-9-4-14-26-18)22-10-12-23(13-11-22)20(25)21-17-8-3-6-15-5-1-2-7-16(15)17/h3,6,8,18H,1-2,4-5,7,9-14H2,(H,21,25). The first-order valence-electron chi connectivity index (χ1n) is 9.79. The lowest BCUT2D eigenvalue weighted by atomic mass is 9.90. The molecule has 6 heteroatoms. The van der Waals surface area contributed by atoms with Crippen LogP contribution in [0.5, 0.6) is 0 Å². The summed E-state index contributed by atoms with van der Waals surface area (Å²) in [5.41, 5.74) is 3.60. The Kier molecular flexibility index (Phi) is 5.11. The molecule has 0 spiro atoms. The molecule has 0 aromatic heterocycles. The van der Waals surface area contributed by atoms with Crippen LogP contribution in [0.1, 0.15) is 36.8 Å². The van der Waals surface area contributed by atoms with Crippen molar-refractivity contribution in [1.29, 1.82) is 0 Å². The second-order valence-electron chi connectivity index (χ2n) is 7.39. The maximum atomic E-state index is 12.7. The van der Waals surface area contributed by atoms with Gasteiger partial charge >= 0.3 is 6.03 Å². The van der Waals surface area contributed by atoms with E-state index in [0.29, 0.717) is 32.8 Å². The quantitative estimate of drug-likeness (QED) is 0.884. The number of rotatable bonds is 2. The zero-order valence-corrected chi connectivity index (χ0v) is 15.2. The number of piperazine rings is 1. The van der Waals surface area contributed by atoms with Gasteiger partial charge in [0.1, 0.15) is 6.10 Å². The third-order valence-electron chi connectivity index (χ3n) is 5.72. The first kappa shape index (κ1) is 17.3. The molecule has 1 aliphatic carbocycles. The molecular formula is C20H27N3O3. The molecular weight excluding hydrogens is 330 g/mol. The molecule has 3 aliphatic rings. The summed E-state index contributed by atoms with van der Waals surface area (Å²) in [5.74, 6) is 0.0830. The predicted molar refractivity (Wildman–Crippen MR) is 99.2 cm³/mol. The van der Waals surface area contributed by atoms with Crippen molar-refractivity contribution in [2.45, 2.75) is 44.6 Å². The van der Waals surface area contributed by atoms with Gasteiger partial charge in [-0.2, -0.15) is 0 Å². The van der Waals surface area contributed by atoms with Crippen LogP contribution in [0.3, 0.4) is 0 Å². The average Bonchev–Trinajstić information content (AvgIpc) is 3.23. The maximum absolute atomic E-state index is 12.7. The molecule has 6 nitrogen and oxygen atoms in total. The molecule has 2 aliphatic heterocycles. The summed E-state index contributed by atoms with van der Waals surface area (Å²) >= 11 is 0. The minimum atomic E-state index is -0.272. The van der Waals surface area contributed by atoms with E-state index in [1.807, 2.05) is 21.9 Å². The predicted octanol–water partition coefficient (Wildman–Crippen LogP) is 2.42. The van der Waals surface area contributed by atoms with Crippen LogP contribution in [0.4, 0.5) is 10.5 Å². The zero-order chi connectivity index (χ0) is 17.9. The van der Waals surface area contributed by atoms with E-state index >= 15 is 0 Å². The van der Waals surface area contributed by atoms with Crippen LogP contribution in [-0.4, -0.2) is 60.6 Å². The molecule has 0 saturated carbocycles. The number of hydrogen-bond donors (Lipinski definition) is 1. The fraction of sp³-hybridized carbons (Fsp3) is 0.600. The largest absolute Gasteiger partial charge is 0.368 e. The number of anilines is 1. The summed E-state index contributed by atoms with van der Waals surface area (Å²) in [6, 6.07) is 6.13. The molecule has 3 amide bonds. The maximum Gasteiger partial charge on any atom is 0.321 e. The van der Waals surface area contributed by atoms with Gasteiger partial charge in [0.2, 0.25) is 0 Å². The van der Waals surface area contributed by atoms with Gasteiger partial charge < -0.3 is 19.9 Å². The topological polar surface area (TPSA) is 61.9 Å². The highest BCUT2D eigenvalue weighted by atomic mass is 16.5. The summed E-state index contributed by atoms with van der Waals surface area (Å²) in [5, 5.41) is 3.10. The minimum Gasteiger partial charge on any atom is -0.368 e. The molecule has 2 heterocycles. The van der Waals surface area contributed by atoms with Crippen LogP contribution in [0.2, 0.25) is 0 Å². The van der Waals surface area contributed by atoms with Crippen molar-refractivity contribution in [3.8, 4) is 0 Å². The van der Waals surface area contributed by atoms with Crippen molar-refractivity contribution in [2.24, 2.45) is 0 Å². The Hall–Kier alpha value is -2.08. The van der Waals surface area contributed by atoms with Crippen molar-refractivity contribution < 1.29 is 14.3 Å². The van der Waals surface area contributed by atoms with Crippen molar-refractivity contribution in [3.63, 3.8) is 0 Å². The van der Waals surface area contributed by atoms with Gasteiger partial charge in [-0.1, -0.05) is 12.1 Å². The molecule has 2 fully saturated rings. The lowest BCUT2D eigenvalue weighted by Gasteiger charge is -2.36. The molecule has 2 saturated heterocycles. The van der Waals surface area contributed by atoms with Gasteiger partial charge in [-0.25, -0.2) is 4.79 Å². The summed E-state index contributed by atoms with van der Waals surface area (Å²) < 4.78 is 5.49. The number of urea groups is 1. The van der Waals surface area contributed by atoms with Gasteiger partial charge in [-0.05, 0) is 55.7 Å². The SMILES string of the molecule is O=C(Nc1cccc2c1CCCC2)N1CCN(C(=O)C2CCCO2)CC1. The Bertz CT molecular complexity index is 677. The van der Waals surface area contributed by atoms with E-state index in [1.165, 1.54) is 24.0 Å². The highest BCUT2D eigenvalue weighted by Gasteiger charge is 2.31. The van der Waals surface area contributed by atoms with Crippen LogP contribution < -0.4 is 5.32 Å². The molecule has 140 valence electrons. The molecule has 1 unspecified atom stereocenters. The van der Waals surface area contributed by atoms with Gasteiger partial charge in [-0.15, -0.1) is 0 Å². The number of fused-ring (bicyclic) bond motifs is 1. The van der Waals surface area contributed by atoms with E-state index in [1.54, 1.807) is 0 Å². The lowest BCUT2D eigenvalue weighted by molar-refractivity contribution is -0.142. The van der Waals surface area contributed by atoms with E-state index in [0.717, 1.165) is 31.4 Å². The van der Waals surface area contributed by atoms with E-state index in [4.69, 9.17) is 4.74 Å². The Morgan fingerprint density at radius 1 is 1.00 bits per heavy atom.